The Bertz CT molecular complexity index is 803. The van der Waals surface area contributed by atoms with Crippen molar-refractivity contribution >= 4 is 5.78 Å². The van der Waals surface area contributed by atoms with Crippen LogP contribution in [0.5, 0.6) is 0 Å². The topological polar surface area (TPSA) is 29.5 Å². The molecule has 2 heterocycles. The molecule has 0 aromatic heterocycles. The average Bonchev–Trinajstić information content (AvgIpc) is 3.20. The quantitative estimate of drug-likeness (QED) is 0.461. The van der Waals surface area contributed by atoms with Crippen molar-refractivity contribution in [2.24, 2.45) is 35.0 Å². The third kappa shape index (κ3) is 2.94. The van der Waals surface area contributed by atoms with Crippen LogP contribution >= 0.6 is 0 Å². The molecule has 9 unspecified atom stereocenters. The number of nitrogens with zero attached hydrogens (tertiary/aromatic N) is 1. The summed E-state index contributed by atoms with van der Waals surface area (Å²) in [5.74, 6) is 4.28. The molecule has 3 heteroatoms. The summed E-state index contributed by atoms with van der Waals surface area (Å²) in [4.78, 5) is 14.8. The van der Waals surface area contributed by atoms with Crippen LogP contribution in [0.4, 0.5) is 0 Å². The maximum atomic E-state index is 12.2. The van der Waals surface area contributed by atoms with Gasteiger partial charge in [-0.05, 0) is 107 Å². The largest absolute Gasteiger partial charge is 0.369 e. The third-order valence-electron chi connectivity index (χ3n) is 11.6. The van der Waals surface area contributed by atoms with Gasteiger partial charge in [-0.15, -0.1) is 0 Å². The fourth-order valence-corrected chi connectivity index (χ4v) is 9.86. The molecular weight excluding hydrogens is 382 g/mol. The van der Waals surface area contributed by atoms with E-state index in [4.69, 9.17) is 4.74 Å². The number of ketones is 1. The summed E-state index contributed by atoms with van der Waals surface area (Å²) < 4.78 is 7.03. The van der Waals surface area contributed by atoms with Gasteiger partial charge in [0.1, 0.15) is 5.78 Å². The van der Waals surface area contributed by atoms with E-state index in [0.717, 1.165) is 37.0 Å². The number of likely N-dealkylation sites (tertiary alicyclic amines) is 1. The predicted molar refractivity (Wildman–Crippen MR) is 124 cm³/mol. The third-order valence-corrected chi connectivity index (χ3v) is 11.6. The Morgan fingerprint density at radius 2 is 1.94 bits per heavy atom. The Morgan fingerprint density at radius 3 is 2.74 bits per heavy atom. The van der Waals surface area contributed by atoms with Crippen LogP contribution in [0, 0.1) is 35.0 Å². The minimum atomic E-state index is 0.0726. The maximum Gasteiger partial charge on any atom is 0.133 e. The molecule has 3 saturated carbocycles. The normalized spacial score (nSPS) is 52.5. The first-order valence-electron chi connectivity index (χ1n) is 13.4. The van der Waals surface area contributed by atoms with Crippen LogP contribution in [0.15, 0.2) is 11.1 Å². The molecule has 2 saturated heterocycles. The number of carbonyl (C=O) groups is 1. The van der Waals surface area contributed by atoms with Gasteiger partial charge in [0.05, 0.1) is 11.7 Å². The molecule has 6 rings (SSSR count). The Labute approximate surface area is 189 Å². The average molecular weight is 426 g/mol. The zero-order valence-corrected chi connectivity index (χ0v) is 20.3. The van der Waals surface area contributed by atoms with Gasteiger partial charge in [0.15, 0.2) is 0 Å². The van der Waals surface area contributed by atoms with E-state index in [1.165, 1.54) is 57.9 Å². The van der Waals surface area contributed by atoms with Gasteiger partial charge in [-0.25, -0.2) is 0 Å². The molecule has 5 fully saturated rings. The van der Waals surface area contributed by atoms with Crippen molar-refractivity contribution < 1.29 is 9.53 Å². The number of ether oxygens (including phenoxy) is 1. The van der Waals surface area contributed by atoms with Gasteiger partial charge >= 0.3 is 0 Å². The number of hydrogen-bond acceptors (Lipinski definition) is 3. The van der Waals surface area contributed by atoms with Crippen molar-refractivity contribution in [2.75, 3.05) is 13.6 Å². The molecule has 3 nitrogen and oxygen atoms in total. The van der Waals surface area contributed by atoms with Gasteiger partial charge in [-0.2, -0.15) is 0 Å². The molecule has 0 aromatic carbocycles. The molecule has 0 aromatic rings. The number of hydrogen-bond donors (Lipinski definition) is 0. The first kappa shape index (κ1) is 20.9. The number of piperidine rings is 1. The fraction of sp³-hybridized carbons (Fsp3) is 0.893. The number of rotatable bonds is 0. The van der Waals surface area contributed by atoms with Crippen LogP contribution in [0.2, 0.25) is 0 Å². The summed E-state index contributed by atoms with van der Waals surface area (Å²) >= 11 is 0. The van der Waals surface area contributed by atoms with Crippen molar-refractivity contribution in [1.29, 1.82) is 0 Å². The van der Waals surface area contributed by atoms with Crippen LogP contribution in [0.25, 0.3) is 0 Å². The first-order valence-corrected chi connectivity index (χ1v) is 13.4. The lowest BCUT2D eigenvalue weighted by molar-refractivity contribution is -0.129. The highest BCUT2D eigenvalue weighted by atomic mass is 16.5. The monoisotopic (exact) mass is 425 g/mol. The zero-order chi connectivity index (χ0) is 21.5. The maximum absolute atomic E-state index is 12.2. The van der Waals surface area contributed by atoms with Gasteiger partial charge < -0.3 is 9.64 Å². The summed E-state index contributed by atoms with van der Waals surface area (Å²) in [6.45, 7) is 8.75. The Kier molecular flexibility index (Phi) is 4.83. The summed E-state index contributed by atoms with van der Waals surface area (Å²) in [6.07, 6.45) is 13.6. The number of Topliss-reactive ketones (excluding diaryl/α,β-unsaturated/α-hetero) is 1. The van der Waals surface area contributed by atoms with Gasteiger partial charge in [-0.3, -0.25) is 4.79 Å². The molecule has 9 atom stereocenters. The molecule has 2 aliphatic heterocycles. The summed E-state index contributed by atoms with van der Waals surface area (Å²) in [7, 11) is 2.32. The Balaban J connectivity index is 1.29. The number of allylic oxidation sites excluding steroid dienone is 1. The van der Waals surface area contributed by atoms with Crippen molar-refractivity contribution in [3.8, 4) is 0 Å². The molecule has 0 amide bonds. The van der Waals surface area contributed by atoms with Crippen LogP contribution in [0.3, 0.4) is 0 Å². The lowest BCUT2D eigenvalue weighted by Gasteiger charge is -2.52. The lowest BCUT2D eigenvalue weighted by Crippen LogP contribution is -2.47. The minimum absolute atomic E-state index is 0.0726. The van der Waals surface area contributed by atoms with Gasteiger partial charge in [0.2, 0.25) is 0 Å². The standard InChI is InChI=1S/C28H43NO2/c1-17-16-28(18(2)26-25(31-28)6-5-13-29(26)4)12-10-21-22-8-7-19-14-20(30)9-11-27(19,3)24(22)15-23(17)21/h18-19,21-22,24-26H,5-16H2,1-4H3. The van der Waals surface area contributed by atoms with E-state index < -0.39 is 0 Å². The molecule has 0 bridgehead atoms. The van der Waals surface area contributed by atoms with Crippen molar-refractivity contribution in [3.05, 3.63) is 11.1 Å². The van der Waals surface area contributed by atoms with Gasteiger partial charge in [0, 0.05) is 24.8 Å². The van der Waals surface area contributed by atoms with Crippen LogP contribution in [-0.4, -0.2) is 42.0 Å². The number of carbonyl (C=O) groups excluding carboxylic acids is 1. The second-order valence-electron chi connectivity index (χ2n) is 12.7. The molecule has 1 spiro atoms. The van der Waals surface area contributed by atoms with Crippen molar-refractivity contribution in [1.82, 2.24) is 4.90 Å². The summed E-state index contributed by atoms with van der Waals surface area (Å²) in [5.41, 5.74) is 3.98. The van der Waals surface area contributed by atoms with Crippen molar-refractivity contribution in [2.45, 2.75) is 109 Å². The molecule has 172 valence electrons. The molecule has 31 heavy (non-hydrogen) atoms. The highest BCUT2D eigenvalue weighted by Crippen LogP contribution is 2.65. The minimum Gasteiger partial charge on any atom is -0.369 e. The fourth-order valence-electron chi connectivity index (χ4n) is 9.86. The van der Waals surface area contributed by atoms with Gasteiger partial charge in [0.25, 0.3) is 0 Å². The van der Waals surface area contributed by atoms with E-state index in [2.05, 4.69) is 32.7 Å². The number of likely N-dealkylation sites (N-methyl/N-ethyl adjacent to an activating group) is 1. The molecule has 4 aliphatic carbocycles. The Morgan fingerprint density at radius 1 is 1.10 bits per heavy atom. The van der Waals surface area contributed by atoms with E-state index in [1.54, 1.807) is 5.57 Å². The van der Waals surface area contributed by atoms with Crippen LogP contribution < -0.4 is 0 Å². The van der Waals surface area contributed by atoms with Crippen LogP contribution in [-0.2, 0) is 9.53 Å². The van der Waals surface area contributed by atoms with E-state index in [0.29, 0.717) is 35.2 Å². The molecule has 0 N–H and O–H groups in total. The van der Waals surface area contributed by atoms with E-state index in [1.807, 2.05) is 5.57 Å². The van der Waals surface area contributed by atoms with E-state index in [-0.39, 0.29) is 5.60 Å². The lowest BCUT2D eigenvalue weighted by atomic mass is 9.52. The SMILES string of the molecule is CC1=C2CC3C(CCC4CC(=O)CCC43C)C2CCC2(C1)OC1CCCN(C)C1C2C. The van der Waals surface area contributed by atoms with Crippen LogP contribution in [0.1, 0.15) is 91.4 Å². The highest BCUT2D eigenvalue weighted by Gasteiger charge is 2.59. The van der Waals surface area contributed by atoms with Gasteiger partial charge in [-0.1, -0.05) is 25.0 Å². The predicted octanol–water partition coefficient (Wildman–Crippen LogP) is 5.78. The van der Waals surface area contributed by atoms with E-state index >= 15 is 0 Å². The molecule has 6 aliphatic rings. The highest BCUT2D eigenvalue weighted by molar-refractivity contribution is 5.79. The number of fused-ring (bicyclic) bond motifs is 6. The summed E-state index contributed by atoms with van der Waals surface area (Å²) in [6, 6.07) is 0.617. The Hall–Kier alpha value is -0.670. The smallest absolute Gasteiger partial charge is 0.133 e. The van der Waals surface area contributed by atoms with E-state index in [9.17, 15) is 4.79 Å². The first-order chi connectivity index (χ1) is 14.8. The zero-order valence-electron chi connectivity index (χ0n) is 20.3. The second-order valence-corrected chi connectivity index (χ2v) is 12.7. The molecule has 0 radical (unpaired) electrons. The van der Waals surface area contributed by atoms with Crippen molar-refractivity contribution in [3.63, 3.8) is 0 Å². The second kappa shape index (κ2) is 7.16. The summed E-state index contributed by atoms with van der Waals surface area (Å²) in [5, 5.41) is 0. The molecular formula is C28H43NO2.